The van der Waals surface area contributed by atoms with E-state index in [0.717, 1.165) is 22.3 Å². The van der Waals surface area contributed by atoms with Crippen LogP contribution in [0.3, 0.4) is 0 Å². The quantitative estimate of drug-likeness (QED) is 0.576. The van der Waals surface area contributed by atoms with Crippen molar-refractivity contribution in [1.29, 1.82) is 0 Å². The van der Waals surface area contributed by atoms with Gasteiger partial charge in [-0.15, -0.1) is 0 Å². The molecule has 0 aliphatic heterocycles. The number of carbonyl (C=O) groups is 1. The predicted octanol–water partition coefficient (Wildman–Crippen LogP) is 4.12. The number of aromatic nitrogens is 3. The van der Waals surface area contributed by atoms with E-state index in [1.54, 1.807) is 24.0 Å². The molecule has 4 rings (SSSR count). The van der Waals surface area contributed by atoms with Crippen molar-refractivity contribution in [1.82, 2.24) is 20.1 Å². The van der Waals surface area contributed by atoms with Gasteiger partial charge in [-0.2, -0.15) is 5.10 Å². The average Bonchev–Trinajstić information content (AvgIpc) is 3.24. The first kappa shape index (κ1) is 17.1. The van der Waals surface area contributed by atoms with E-state index in [-0.39, 0.29) is 5.91 Å². The summed E-state index contributed by atoms with van der Waals surface area (Å²) in [5.74, 6) is -0.170. The maximum absolute atomic E-state index is 12.3. The van der Waals surface area contributed by atoms with Gasteiger partial charge in [0.05, 0.1) is 5.52 Å². The second-order valence-corrected chi connectivity index (χ2v) is 6.89. The Hall–Kier alpha value is -3.34. The lowest BCUT2D eigenvalue weighted by Gasteiger charge is -2.07. The lowest BCUT2D eigenvalue weighted by molar-refractivity contribution is 0.0945. The number of rotatable bonds is 4. The summed E-state index contributed by atoms with van der Waals surface area (Å²) in [4.78, 5) is 15.9. The van der Waals surface area contributed by atoms with Gasteiger partial charge >= 0.3 is 0 Å². The Balaban J connectivity index is 1.69. The molecule has 27 heavy (non-hydrogen) atoms. The third kappa shape index (κ3) is 3.24. The highest BCUT2D eigenvalue weighted by atomic mass is 16.1. The van der Waals surface area contributed by atoms with Gasteiger partial charge in [-0.05, 0) is 42.7 Å². The van der Waals surface area contributed by atoms with Crippen molar-refractivity contribution in [3.8, 4) is 11.3 Å². The Bertz CT molecular complexity index is 1120. The molecule has 0 fully saturated rings. The van der Waals surface area contributed by atoms with E-state index in [1.807, 2.05) is 18.2 Å². The zero-order valence-corrected chi connectivity index (χ0v) is 15.7. The van der Waals surface area contributed by atoms with Crippen molar-refractivity contribution in [2.24, 2.45) is 7.05 Å². The molecule has 0 atom stereocenters. The highest BCUT2D eigenvalue weighted by molar-refractivity contribution is 5.94. The number of hydrogen-bond donors (Lipinski definition) is 2. The zero-order chi connectivity index (χ0) is 19.0. The number of amides is 1. The lowest BCUT2D eigenvalue weighted by atomic mass is 10.0. The first-order valence-corrected chi connectivity index (χ1v) is 8.98. The highest BCUT2D eigenvalue weighted by Crippen LogP contribution is 2.32. The monoisotopic (exact) mass is 358 g/mol. The fraction of sp³-hybridized carbons (Fsp3) is 0.182. The van der Waals surface area contributed by atoms with Crippen LogP contribution in [0.1, 0.15) is 27.2 Å². The van der Waals surface area contributed by atoms with E-state index < -0.39 is 0 Å². The van der Waals surface area contributed by atoms with Gasteiger partial charge in [-0.25, -0.2) is 0 Å². The topological polar surface area (TPSA) is 62.7 Å². The molecule has 5 nitrogen and oxygen atoms in total. The number of aromatic amines is 1. The second-order valence-electron chi connectivity index (χ2n) is 6.89. The van der Waals surface area contributed by atoms with Gasteiger partial charge in [0.15, 0.2) is 0 Å². The van der Waals surface area contributed by atoms with Crippen molar-refractivity contribution in [3.63, 3.8) is 0 Å². The largest absolute Gasteiger partial charge is 0.354 e. The molecule has 0 bridgehead atoms. The molecule has 1 amide bonds. The van der Waals surface area contributed by atoms with Crippen LogP contribution in [-0.4, -0.2) is 20.7 Å². The third-order valence-corrected chi connectivity index (χ3v) is 4.84. The molecule has 0 spiro atoms. The van der Waals surface area contributed by atoms with Gasteiger partial charge in [-0.1, -0.05) is 42.0 Å². The molecule has 4 aromatic rings. The van der Waals surface area contributed by atoms with E-state index in [4.69, 9.17) is 0 Å². The van der Waals surface area contributed by atoms with Gasteiger partial charge in [-0.3, -0.25) is 9.48 Å². The molecular weight excluding hydrogens is 336 g/mol. The van der Waals surface area contributed by atoms with Crippen LogP contribution < -0.4 is 5.32 Å². The van der Waals surface area contributed by atoms with Crippen molar-refractivity contribution in [3.05, 3.63) is 77.1 Å². The summed E-state index contributed by atoms with van der Waals surface area (Å²) in [6.45, 7) is 4.66. The average molecular weight is 358 g/mol. The molecule has 2 aromatic heterocycles. The molecule has 136 valence electrons. The minimum absolute atomic E-state index is 0.170. The zero-order valence-electron chi connectivity index (χ0n) is 15.7. The Labute approximate surface area is 158 Å². The number of nitrogens with zero attached hydrogens (tertiary/aromatic N) is 2. The fourth-order valence-corrected chi connectivity index (χ4v) is 3.49. The van der Waals surface area contributed by atoms with Crippen LogP contribution in [0.4, 0.5) is 0 Å². The number of benzene rings is 2. The first-order valence-electron chi connectivity index (χ1n) is 8.98. The molecule has 2 aromatic carbocycles. The van der Waals surface area contributed by atoms with Crippen LogP contribution in [-0.2, 0) is 13.6 Å². The summed E-state index contributed by atoms with van der Waals surface area (Å²) in [5.41, 5.74) is 7.23. The van der Waals surface area contributed by atoms with Gasteiger partial charge in [0, 0.05) is 30.9 Å². The summed E-state index contributed by atoms with van der Waals surface area (Å²) in [6.07, 6.45) is 1.76. The second kappa shape index (κ2) is 6.76. The van der Waals surface area contributed by atoms with Crippen LogP contribution in [0.25, 0.3) is 22.2 Å². The SMILES string of the molecule is Cc1cc(CNC(=O)c2ccn(C)n2)c2[nH]c(-c3ccccc3)c(C)c2c1. The number of nitrogens with one attached hydrogen (secondary N) is 2. The Morgan fingerprint density at radius 2 is 1.93 bits per heavy atom. The summed E-state index contributed by atoms with van der Waals surface area (Å²) < 4.78 is 1.63. The molecule has 0 saturated heterocycles. The van der Waals surface area contributed by atoms with Crippen molar-refractivity contribution < 1.29 is 4.79 Å². The van der Waals surface area contributed by atoms with Crippen molar-refractivity contribution in [2.75, 3.05) is 0 Å². The summed E-state index contributed by atoms with van der Waals surface area (Å²) in [5, 5.41) is 8.33. The van der Waals surface area contributed by atoms with Crippen molar-refractivity contribution in [2.45, 2.75) is 20.4 Å². The lowest BCUT2D eigenvalue weighted by Crippen LogP contribution is -2.23. The van der Waals surface area contributed by atoms with E-state index in [2.05, 4.69) is 53.5 Å². The first-order chi connectivity index (χ1) is 13.0. The van der Waals surface area contributed by atoms with E-state index in [9.17, 15) is 4.79 Å². The molecule has 0 saturated carbocycles. The molecular formula is C22H22N4O. The van der Waals surface area contributed by atoms with Crippen LogP contribution in [0.2, 0.25) is 0 Å². The number of H-pyrrole nitrogens is 1. The van der Waals surface area contributed by atoms with E-state index in [0.29, 0.717) is 12.2 Å². The standard InChI is InChI=1S/C22H22N4O/c1-14-11-17(13-23-22(27)19-9-10-26(3)25-19)21-18(12-14)15(2)20(24-21)16-7-5-4-6-8-16/h4-12,24H,13H2,1-3H3,(H,23,27). The third-order valence-electron chi connectivity index (χ3n) is 4.84. The molecule has 0 aliphatic rings. The Morgan fingerprint density at radius 1 is 1.15 bits per heavy atom. The summed E-state index contributed by atoms with van der Waals surface area (Å²) in [7, 11) is 1.80. The Morgan fingerprint density at radius 3 is 2.63 bits per heavy atom. The van der Waals surface area contributed by atoms with Crippen LogP contribution >= 0.6 is 0 Å². The smallest absolute Gasteiger partial charge is 0.272 e. The number of hydrogen-bond acceptors (Lipinski definition) is 2. The van der Waals surface area contributed by atoms with Gasteiger partial charge in [0.2, 0.25) is 0 Å². The molecule has 5 heteroatoms. The minimum Gasteiger partial charge on any atom is -0.354 e. The van der Waals surface area contributed by atoms with Gasteiger partial charge < -0.3 is 10.3 Å². The number of carbonyl (C=O) groups excluding carboxylic acids is 1. The molecule has 0 aliphatic carbocycles. The Kier molecular flexibility index (Phi) is 4.28. The maximum Gasteiger partial charge on any atom is 0.272 e. The maximum atomic E-state index is 12.3. The fourth-order valence-electron chi connectivity index (χ4n) is 3.49. The van der Waals surface area contributed by atoms with E-state index in [1.165, 1.54) is 16.5 Å². The molecule has 0 radical (unpaired) electrons. The molecule has 2 N–H and O–H groups in total. The number of aryl methyl sites for hydroxylation is 3. The minimum atomic E-state index is -0.170. The van der Waals surface area contributed by atoms with Gasteiger partial charge in [0.25, 0.3) is 5.91 Å². The number of fused-ring (bicyclic) bond motifs is 1. The summed E-state index contributed by atoms with van der Waals surface area (Å²) in [6, 6.07) is 16.3. The predicted molar refractivity (Wildman–Crippen MR) is 108 cm³/mol. The van der Waals surface area contributed by atoms with E-state index >= 15 is 0 Å². The highest BCUT2D eigenvalue weighted by Gasteiger charge is 2.14. The molecule has 2 heterocycles. The van der Waals surface area contributed by atoms with Crippen LogP contribution in [0, 0.1) is 13.8 Å². The van der Waals surface area contributed by atoms with Crippen molar-refractivity contribution >= 4 is 16.8 Å². The normalized spacial score (nSPS) is 11.1. The molecule has 0 unspecified atom stereocenters. The van der Waals surface area contributed by atoms with Crippen LogP contribution in [0.15, 0.2) is 54.7 Å². The van der Waals surface area contributed by atoms with Crippen LogP contribution in [0.5, 0.6) is 0 Å². The summed E-state index contributed by atoms with van der Waals surface area (Å²) >= 11 is 0. The van der Waals surface area contributed by atoms with Gasteiger partial charge in [0.1, 0.15) is 5.69 Å².